The standard InChI is InChI=1S/C12H19N5O2S/c1-16-9-14-15-12(16)20-8-10(18)13-5-3-7-17-6-2-4-11(17)19/h9H,2-8H2,1H3,(H,13,18). The zero-order chi connectivity index (χ0) is 14.4. The molecule has 0 spiro atoms. The number of aromatic nitrogens is 3. The average molecular weight is 297 g/mol. The predicted octanol–water partition coefficient (Wildman–Crippen LogP) is 0.0359. The van der Waals surface area contributed by atoms with Crippen molar-refractivity contribution in [2.24, 2.45) is 7.05 Å². The van der Waals surface area contributed by atoms with Crippen LogP contribution in [0.2, 0.25) is 0 Å². The van der Waals surface area contributed by atoms with Crippen molar-refractivity contribution in [3.05, 3.63) is 6.33 Å². The maximum Gasteiger partial charge on any atom is 0.230 e. The third kappa shape index (κ3) is 4.22. The molecule has 0 saturated carbocycles. The molecule has 1 saturated heterocycles. The number of nitrogens with one attached hydrogen (secondary N) is 1. The minimum atomic E-state index is -0.0225. The first-order valence-electron chi connectivity index (χ1n) is 6.68. The number of carbonyl (C=O) groups is 2. The smallest absolute Gasteiger partial charge is 0.230 e. The van der Waals surface area contributed by atoms with Crippen LogP contribution in [0.1, 0.15) is 19.3 Å². The summed E-state index contributed by atoms with van der Waals surface area (Å²) in [6, 6.07) is 0. The lowest BCUT2D eigenvalue weighted by atomic mass is 10.4. The molecular weight excluding hydrogens is 278 g/mol. The SMILES string of the molecule is Cn1cnnc1SCC(=O)NCCCN1CCCC1=O. The highest BCUT2D eigenvalue weighted by Gasteiger charge is 2.19. The minimum Gasteiger partial charge on any atom is -0.355 e. The number of hydrogen-bond acceptors (Lipinski definition) is 5. The molecule has 1 N–H and O–H groups in total. The molecule has 2 amide bonds. The van der Waals surface area contributed by atoms with E-state index in [4.69, 9.17) is 0 Å². The largest absolute Gasteiger partial charge is 0.355 e. The monoisotopic (exact) mass is 297 g/mol. The highest BCUT2D eigenvalue weighted by molar-refractivity contribution is 7.99. The molecule has 8 heteroatoms. The lowest BCUT2D eigenvalue weighted by Crippen LogP contribution is -2.31. The number of rotatable bonds is 7. The normalized spacial score (nSPS) is 14.8. The molecule has 1 aliphatic heterocycles. The van der Waals surface area contributed by atoms with Crippen molar-refractivity contribution >= 4 is 23.6 Å². The quantitative estimate of drug-likeness (QED) is 0.567. The summed E-state index contributed by atoms with van der Waals surface area (Å²) in [6.07, 6.45) is 4.03. The Labute approximate surface area is 122 Å². The summed E-state index contributed by atoms with van der Waals surface area (Å²) < 4.78 is 1.77. The first-order valence-corrected chi connectivity index (χ1v) is 7.66. The van der Waals surface area contributed by atoms with Crippen LogP contribution in [-0.2, 0) is 16.6 Å². The number of aryl methyl sites for hydroxylation is 1. The van der Waals surface area contributed by atoms with Crippen molar-refractivity contribution < 1.29 is 9.59 Å². The zero-order valence-electron chi connectivity index (χ0n) is 11.5. The van der Waals surface area contributed by atoms with Crippen LogP contribution >= 0.6 is 11.8 Å². The zero-order valence-corrected chi connectivity index (χ0v) is 12.4. The summed E-state index contributed by atoms with van der Waals surface area (Å²) in [7, 11) is 1.84. The van der Waals surface area contributed by atoms with Gasteiger partial charge in [-0.15, -0.1) is 10.2 Å². The van der Waals surface area contributed by atoms with Gasteiger partial charge in [0, 0.05) is 33.1 Å². The van der Waals surface area contributed by atoms with Gasteiger partial charge in [0.2, 0.25) is 11.8 Å². The van der Waals surface area contributed by atoms with Gasteiger partial charge < -0.3 is 14.8 Å². The molecule has 0 aliphatic carbocycles. The molecule has 0 aromatic carbocycles. The molecule has 0 radical (unpaired) electrons. The van der Waals surface area contributed by atoms with E-state index in [9.17, 15) is 9.59 Å². The Morgan fingerprint density at radius 1 is 1.55 bits per heavy atom. The third-order valence-electron chi connectivity index (χ3n) is 3.10. The summed E-state index contributed by atoms with van der Waals surface area (Å²) in [6.45, 7) is 2.19. The number of thioether (sulfide) groups is 1. The fraction of sp³-hybridized carbons (Fsp3) is 0.667. The third-order valence-corrected chi connectivity index (χ3v) is 4.13. The van der Waals surface area contributed by atoms with Gasteiger partial charge in [-0.05, 0) is 12.8 Å². The van der Waals surface area contributed by atoms with Crippen LogP contribution in [0, 0.1) is 0 Å². The summed E-state index contributed by atoms with van der Waals surface area (Å²) in [5, 5.41) is 11.2. The maximum absolute atomic E-state index is 11.6. The van der Waals surface area contributed by atoms with Gasteiger partial charge in [-0.1, -0.05) is 11.8 Å². The van der Waals surface area contributed by atoms with Crippen molar-refractivity contribution in [1.82, 2.24) is 25.0 Å². The van der Waals surface area contributed by atoms with Gasteiger partial charge in [-0.2, -0.15) is 0 Å². The van der Waals surface area contributed by atoms with Gasteiger partial charge >= 0.3 is 0 Å². The van der Waals surface area contributed by atoms with E-state index >= 15 is 0 Å². The van der Waals surface area contributed by atoms with E-state index in [0.29, 0.717) is 18.7 Å². The van der Waals surface area contributed by atoms with Crippen molar-refractivity contribution in [2.75, 3.05) is 25.4 Å². The molecule has 7 nitrogen and oxygen atoms in total. The van der Waals surface area contributed by atoms with Crippen molar-refractivity contribution in [3.8, 4) is 0 Å². The molecule has 1 aromatic heterocycles. The van der Waals surface area contributed by atoms with Crippen molar-refractivity contribution in [1.29, 1.82) is 0 Å². The van der Waals surface area contributed by atoms with E-state index in [1.165, 1.54) is 11.8 Å². The molecule has 2 heterocycles. The van der Waals surface area contributed by atoms with Crippen LogP contribution in [0.3, 0.4) is 0 Å². The summed E-state index contributed by atoms with van der Waals surface area (Å²) >= 11 is 1.36. The Bertz CT molecular complexity index is 476. The first kappa shape index (κ1) is 14.8. The van der Waals surface area contributed by atoms with Crippen LogP contribution in [0.4, 0.5) is 0 Å². The second kappa shape index (κ2) is 7.28. The van der Waals surface area contributed by atoms with Gasteiger partial charge in [0.25, 0.3) is 0 Å². The van der Waals surface area contributed by atoms with E-state index in [-0.39, 0.29) is 11.8 Å². The van der Waals surface area contributed by atoms with Gasteiger partial charge in [0.1, 0.15) is 6.33 Å². The van der Waals surface area contributed by atoms with Crippen molar-refractivity contribution in [3.63, 3.8) is 0 Å². The lowest BCUT2D eigenvalue weighted by Gasteiger charge is -2.15. The number of nitrogens with zero attached hydrogens (tertiary/aromatic N) is 4. The number of amides is 2. The summed E-state index contributed by atoms with van der Waals surface area (Å²) in [5.41, 5.74) is 0. The Hall–Kier alpha value is -1.57. The first-order chi connectivity index (χ1) is 9.66. The van der Waals surface area contributed by atoms with Gasteiger partial charge in [-0.3, -0.25) is 9.59 Å². The Morgan fingerprint density at radius 3 is 3.05 bits per heavy atom. The molecule has 1 fully saturated rings. The van der Waals surface area contributed by atoms with E-state index in [1.807, 2.05) is 11.9 Å². The Kier molecular flexibility index (Phi) is 5.40. The molecule has 20 heavy (non-hydrogen) atoms. The average Bonchev–Trinajstić information content (AvgIpc) is 3.01. The topological polar surface area (TPSA) is 80.1 Å². The van der Waals surface area contributed by atoms with Crippen molar-refractivity contribution in [2.45, 2.75) is 24.4 Å². The molecule has 1 aromatic rings. The van der Waals surface area contributed by atoms with E-state index in [0.717, 1.165) is 31.1 Å². The molecule has 0 bridgehead atoms. The minimum absolute atomic E-state index is 0.0225. The van der Waals surface area contributed by atoms with Crippen LogP contribution < -0.4 is 5.32 Å². The highest BCUT2D eigenvalue weighted by atomic mass is 32.2. The second-order valence-electron chi connectivity index (χ2n) is 4.70. The maximum atomic E-state index is 11.6. The molecule has 110 valence electrons. The van der Waals surface area contributed by atoms with Gasteiger partial charge in [0.15, 0.2) is 5.16 Å². The van der Waals surface area contributed by atoms with Crippen LogP contribution in [0.15, 0.2) is 11.5 Å². The van der Waals surface area contributed by atoms with E-state index < -0.39 is 0 Å². The van der Waals surface area contributed by atoms with Crippen LogP contribution in [-0.4, -0.2) is 56.9 Å². The van der Waals surface area contributed by atoms with Crippen LogP contribution in [0.25, 0.3) is 0 Å². The fourth-order valence-electron chi connectivity index (χ4n) is 2.02. The highest BCUT2D eigenvalue weighted by Crippen LogP contribution is 2.12. The predicted molar refractivity (Wildman–Crippen MR) is 75.2 cm³/mol. The summed E-state index contributed by atoms with van der Waals surface area (Å²) in [5.74, 6) is 0.537. The number of carbonyl (C=O) groups excluding carboxylic acids is 2. The molecule has 1 aliphatic rings. The lowest BCUT2D eigenvalue weighted by molar-refractivity contribution is -0.127. The van der Waals surface area contributed by atoms with Crippen LogP contribution in [0.5, 0.6) is 0 Å². The second-order valence-corrected chi connectivity index (χ2v) is 5.64. The Morgan fingerprint density at radius 2 is 2.40 bits per heavy atom. The van der Waals surface area contributed by atoms with Gasteiger partial charge in [0.05, 0.1) is 5.75 Å². The number of likely N-dealkylation sites (tertiary alicyclic amines) is 1. The molecule has 0 unspecified atom stereocenters. The molecule has 0 atom stereocenters. The molecular formula is C12H19N5O2S. The van der Waals surface area contributed by atoms with E-state index in [2.05, 4.69) is 15.5 Å². The van der Waals surface area contributed by atoms with E-state index in [1.54, 1.807) is 10.9 Å². The molecule has 2 rings (SSSR count). The Balaban J connectivity index is 1.56. The van der Waals surface area contributed by atoms with Gasteiger partial charge in [-0.25, -0.2) is 0 Å². The number of hydrogen-bond donors (Lipinski definition) is 1. The fourth-order valence-corrected chi connectivity index (χ4v) is 2.74. The summed E-state index contributed by atoms with van der Waals surface area (Å²) in [4.78, 5) is 24.9.